The van der Waals surface area contributed by atoms with E-state index >= 15 is 0 Å². The summed E-state index contributed by atoms with van der Waals surface area (Å²) in [5.41, 5.74) is 1.59. The van der Waals surface area contributed by atoms with Crippen LogP contribution in [0.15, 0.2) is 28.7 Å². The largest absolute Gasteiger partial charge is 0.497 e. The van der Waals surface area contributed by atoms with E-state index in [1.54, 1.807) is 30.2 Å². The van der Waals surface area contributed by atoms with Crippen LogP contribution in [0.4, 0.5) is 4.79 Å². The number of furan rings is 1. The fourth-order valence-corrected chi connectivity index (χ4v) is 3.36. The van der Waals surface area contributed by atoms with Gasteiger partial charge >= 0.3 is 6.09 Å². The summed E-state index contributed by atoms with van der Waals surface area (Å²) in [6.07, 6.45) is 0.199. The van der Waals surface area contributed by atoms with E-state index in [1.165, 1.54) is 4.57 Å². The highest BCUT2D eigenvalue weighted by Gasteiger charge is 2.26. The maximum atomic E-state index is 12.8. The van der Waals surface area contributed by atoms with E-state index in [0.29, 0.717) is 67.1 Å². The summed E-state index contributed by atoms with van der Waals surface area (Å²) >= 11 is 0. The molecule has 1 fully saturated rings. The fourth-order valence-electron chi connectivity index (χ4n) is 3.36. The molecule has 0 radical (unpaired) electrons. The first-order valence-corrected chi connectivity index (χ1v) is 9.30. The van der Waals surface area contributed by atoms with E-state index in [1.807, 2.05) is 13.0 Å². The molecule has 1 aromatic carbocycles. The van der Waals surface area contributed by atoms with Gasteiger partial charge in [0, 0.05) is 30.6 Å². The average molecular weight is 386 g/mol. The van der Waals surface area contributed by atoms with Gasteiger partial charge in [-0.2, -0.15) is 0 Å². The fraction of sp³-hybridized carbons (Fsp3) is 0.400. The molecule has 0 unspecified atom stereocenters. The highest BCUT2D eigenvalue weighted by atomic mass is 16.5. The molecule has 0 saturated carbocycles. The summed E-state index contributed by atoms with van der Waals surface area (Å²) in [5, 5.41) is 0.713. The van der Waals surface area contributed by atoms with Crippen LogP contribution in [0.1, 0.15) is 23.9 Å². The molecule has 2 aromatic heterocycles. The Hall–Kier alpha value is -3.00. The predicted octanol–water partition coefficient (Wildman–Crippen LogP) is 3.26. The van der Waals surface area contributed by atoms with Crippen LogP contribution < -0.4 is 4.74 Å². The Labute approximate surface area is 161 Å². The zero-order valence-corrected chi connectivity index (χ0v) is 15.9. The second-order valence-electron chi connectivity index (χ2n) is 6.56. The second-order valence-corrected chi connectivity index (χ2v) is 6.56. The van der Waals surface area contributed by atoms with Crippen LogP contribution in [-0.2, 0) is 9.47 Å². The summed E-state index contributed by atoms with van der Waals surface area (Å²) in [7, 11) is 1.56. The van der Waals surface area contributed by atoms with Crippen molar-refractivity contribution in [3.63, 3.8) is 0 Å². The van der Waals surface area contributed by atoms with Crippen molar-refractivity contribution < 1.29 is 28.2 Å². The van der Waals surface area contributed by atoms with Crippen LogP contribution in [-0.4, -0.2) is 61.5 Å². The number of fused-ring (bicyclic) bond motifs is 3. The van der Waals surface area contributed by atoms with Crippen molar-refractivity contribution in [3.8, 4) is 5.75 Å². The number of rotatable bonds is 4. The van der Waals surface area contributed by atoms with Gasteiger partial charge in [-0.15, -0.1) is 0 Å². The number of amides is 1. The number of benzene rings is 1. The zero-order chi connectivity index (χ0) is 19.7. The van der Waals surface area contributed by atoms with Gasteiger partial charge in [0.05, 0.1) is 38.0 Å². The van der Waals surface area contributed by atoms with Crippen LogP contribution in [0.3, 0.4) is 0 Å². The lowest BCUT2D eigenvalue weighted by atomic mass is 10.2. The summed E-state index contributed by atoms with van der Waals surface area (Å²) in [6.45, 7) is 4.27. The minimum absolute atomic E-state index is 0.196. The van der Waals surface area contributed by atoms with Crippen LogP contribution in [0.5, 0.6) is 5.75 Å². The van der Waals surface area contributed by atoms with Gasteiger partial charge in [-0.05, 0) is 18.6 Å². The van der Waals surface area contributed by atoms with Crippen LogP contribution in [0.2, 0.25) is 0 Å². The van der Waals surface area contributed by atoms with Crippen molar-refractivity contribution in [2.24, 2.45) is 0 Å². The number of morpholine rings is 1. The monoisotopic (exact) mass is 386 g/mol. The molecule has 28 heavy (non-hydrogen) atoms. The number of aromatic nitrogens is 1. The third-order valence-electron chi connectivity index (χ3n) is 4.77. The number of carbonyl (C=O) groups is 2. The predicted molar refractivity (Wildman–Crippen MR) is 102 cm³/mol. The highest BCUT2D eigenvalue weighted by molar-refractivity contribution is 6.12. The first-order valence-electron chi connectivity index (χ1n) is 9.30. The van der Waals surface area contributed by atoms with Gasteiger partial charge in [0.25, 0.3) is 5.91 Å². The topological polar surface area (TPSA) is 83.1 Å². The van der Waals surface area contributed by atoms with E-state index < -0.39 is 6.09 Å². The Morgan fingerprint density at radius 2 is 1.93 bits per heavy atom. The van der Waals surface area contributed by atoms with Crippen LogP contribution in [0.25, 0.3) is 22.0 Å². The molecule has 0 aliphatic carbocycles. The van der Waals surface area contributed by atoms with E-state index in [9.17, 15) is 9.59 Å². The molecule has 148 valence electrons. The molecule has 0 spiro atoms. The molecule has 4 rings (SSSR count). The van der Waals surface area contributed by atoms with Gasteiger partial charge in [0.15, 0.2) is 11.3 Å². The minimum atomic E-state index is -0.513. The molecule has 0 atom stereocenters. The normalized spacial score (nSPS) is 14.6. The molecule has 8 heteroatoms. The number of nitrogens with zero attached hydrogens (tertiary/aromatic N) is 2. The first-order chi connectivity index (χ1) is 13.6. The summed E-state index contributed by atoms with van der Waals surface area (Å²) in [6, 6.07) is 6.95. The molecule has 1 saturated heterocycles. The molecule has 1 aliphatic rings. The summed E-state index contributed by atoms with van der Waals surface area (Å²) < 4.78 is 23.3. The van der Waals surface area contributed by atoms with E-state index in [2.05, 4.69) is 0 Å². The molecule has 0 bridgehead atoms. The SMILES string of the molecule is CCCOC(=O)n1c2cc(OC)ccc2c2oc(C(=O)N3CCOCC3)cc21. The van der Waals surface area contributed by atoms with Gasteiger partial charge in [-0.1, -0.05) is 6.92 Å². The Morgan fingerprint density at radius 3 is 2.64 bits per heavy atom. The molecule has 3 aromatic rings. The van der Waals surface area contributed by atoms with E-state index in [-0.39, 0.29) is 11.7 Å². The van der Waals surface area contributed by atoms with Crippen molar-refractivity contribution in [2.45, 2.75) is 13.3 Å². The van der Waals surface area contributed by atoms with Gasteiger partial charge in [-0.3, -0.25) is 4.79 Å². The standard InChI is InChI=1S/C20H22N2O6/c1-3-8-27-20(24)22-15-11-13(25-2)4-5-14(15)18-16(22)12-17(28-18)19(23)21-6-9-26-10-7-21/h4-5,11-12H,3,6-10H2,1-2H3. The molecule has 8 nitrogen and oxygen atoms in total. The average Bonchev–Trinajstić information content (AvgIpc) is 3.28. The summed E-state index contributed by atoms with van der Waals surface area (Å²) in [4.78, 5) is 27.2. The lowest BCUT2D eigenvalue weighted by molar-refractivity contribution is 0.0284. The lowest BCUT2D eigenvalue weighted by Crippen LogP contribution is -2.40. The van der Waals surface area contributed by atoms with Crippen molar-refractivity contribution in [1.29, 1.82) is 0 Å². The first kappa shape index (κ1) is 18.4. The maximum Gasteiger partial charge on any atom is 0.419 e. The van der Waals surface area contributed by atoms with Crippen LogP contribution >= 0.6 is 0 Å². The van der Waals surface area contributed by atoms with Gasteiger partial charge in [-0.25, -0.2) is 9.36 Å². The quantitative estimate of drug-likeness (QED) is 0.684. The third kappa shape index (κ3) is 3.09. The number of hydrogen-bond donors (Lipinski definition) is 0. The Kier molecular flexibility index (Phi) is 4.95. The number of carbonyl (C=O) groups excluding carboxylic acids is 2. The molecular weight excluding hydrogens is 364 g/mol. The van der Waals surface area contributed by atoms with Gasteiger partial charge < -0.3 is 23.5 Å². The van der Waals surface area contributed by atoms with E-state index in [4.69, 9.17) is 18.6 Å². The Morgan fingerprint density at radius 1 is 1.14 bits per heavy atom. The second kappa shape index (κ2) is 7.55. The molecule has 3 heterocycles. The Bertz CT molecular complexity index is 1030. The molecular formula is C20H22N2O6. The smallest absolute Gasteiger partial charge is 0.419 e. The molecule has 1 aliphatic heterocycles. The molecule has 0 N–H and O–H groups in total. The van der Waals surface area contributed by atoms with Crippen molar-refractivity contribution in [2.75, 3.05) is 40.0 Å². The Balaban J connectivity index is 1.82. The van der Waals surface area contributed by atoms with Gasteiger partial charge in [0.1, 0.15) is 5.75 Å². The number of hydrogen-bond acceptors (Lipinski definition) is 6. The van der Waals surface area contributed by atoms with Crippen molar-refractivity contribution in [3.05, 3.63) is 30.0 Å². The number of methoxy groups -OCH3 is 1. The minimum Gasteiger partial charge on any atom is -0.497 e. The third-order valence-corrected chi connectivity index (χ3v) is 4.77. The zero-order valence-electron chi connectivity index (χ0n) is 15.9. The van der Waals surface area contributed by atoms with Crippen molar-refractivity contribution >= 4 is 34.0 Å². The van der Waals surface area contributed by atoms with E-state index in [0.717, 1.165) is 0 Å². The van der Waals surface area contributed by atoms with Crippen molar-refractivity contribution in [1.82, 2.24) is 9.47 Å². The maximum absolute atomic E-state index is 12.8. The lowest BCUT2D eigenvalue weighted by Gasteiger charge is -2.25. The number of ether oxygens (including phenoxy) is 3. The molecule has 1 amide bonds. The van der Waals surface area contributed by atoms with Gasteiger partial charge in [0.2, 0.25) is 0 Å². The highest BCUT2D eigenvalue weighted by Crippen LogP contribution is 2.34. The summed E-state index contributed by atoms with van der Waals surface area (Å²) in [5.74, 6) is 0.595. The van der Waals surface area contributed by atoms with Crippen LogP contribution in [0, 0.1) is 0 Å².